The van der Waals surface area contributed by atoms with Crippen molar-refractivity contribution < 1.29 is 4.79 Å². The first-order valence-electron chi connectivity index (χ1n) is 7.94. The maximum absolute atomic E-state index is 12.1. The van der Waals surface area contributed by atoms with Gasteiger partial charge in [0.25, 0.3) is 0 Å². The number of anilines is 1. The molecule has 0 radical (unpaired) electrons. The van der Waals surface area contributed by atoms with E-state index in [2.05, 4.69) is 31.5 Å². The first kappa shape index (κ1) is 12.9. The Morgan fingerprint density at radius 3 is 2.83 bits per heavy atom. The second kappa shape index (κ2) is 4.01. The van der Waals surface area contributed by atoms with E-state index < -0.39 is 5.41 Å². The highest BCUT2D eigenvalue weighted by Gasteiger charge is 2.38. The lowest BCUT2D eigenvalue weighted by atomic mass is 9.86. The van der Waals surface area contributed by atoms with Gasteiger partial charge in [0.15, 0.2) is 5.82 Å². The minimum Gasteiger partial charge on any atom is -0.337 e. The molecule has 6 nitrogen and oxygen atoms in total. The van der Waals surface area contributed by atoms with Crippen molar-refractivity contribution in [3.8, 4) is 11.5 Å². The molecular weight excluding hydrogens is 290 g/mol. The Morgan fingerprint density at radius 1 is 1.22 bits per heavy atom. The molecule has 116 valence electrons. The fraction of sp³-hybridized carbons (Fsp3) is 0.353. The summed E-state index contributed by atoms with van der Waals surface area (Å²) in [7, 11) is 0. The Hall–Kier alpha value is -2.63. The van der Waals surface area contributed by atoms with Gasteiger partial charge in [-0.05, 0) is 50.5 Å². The van der Waals surface area contributed by atoms with Gasteiger partial charge in [0.1, 0.15) is 5.69 Å². The van der Waals surface area contributed by atoms with Crippen molar-refractivity contribution in [2.24, 2.45) is 0 Å². The highest BCUT2D eigenvalue weighted by Crippen LogP contribution is 2.41. The third kappa shape index (κ3) is 1.78. The number of carbonyl (C=O) groups excluding carboxylic acids is 1. The van der Waals surface area contributed by atoms with E-state index in [1.165, 1.54) is 18.5 Å². The molecule has 2 aromatic heterocycles. The standard InChI is InChI=1S/C17H17N5O/c1-17(2)9-5-12-13(7-11(9)20-16(17)23)19-15(18-12)14-6-10(21-22-14)8-3-4-8/h5-8H,3-4H2,1-2H3,(H,18,19)(H,20,23)(H,21,22). The average molecular weight is 307 g/mol. The number of aromatic nitrogens is 4. The van der Waals surface area contributed by atoms with Crippen molar-refractivity contribution in [2.45, 2.75) is 38.0 Å². The Bertz CT molecular complexity index is 961. The van der Waals surface area contributed by atoms with Crippen LogP contribution in [0, 0.1) is 0 Å². The molecule has 2 aliphatic rings. The van der Waals surface area contributed by atoms with Gasteiger partial charge in [0.2, 0.25) is 5.91 Å². The first-order chi connectivity index (χ1) is 11.0. The molecule has 1 fully saturated rings. The van der Waals surface area contributed by atoms with Crippen molar-refractivity contribution >= 4 is 22.6 Å². The summed E-state index contributed by atoms with van der Waals surface area (Å²) in [4.78, 5) is 20.0. The summed E-state index contributed by atoms with van der Waals surface area (Å²) in [6.07, 6.45) is 2.48. The topological polar surface area (TPSA) is 86.5 Å². The number of hydrogen-bond acceptors (Lipinski definition) is 3. The maximum Gasteiger partial charge on any atom is 0.234 e. The number of nitrogens with one attached hydrogen (secondary N) is 3. The van der Waals surface area contributed by atoms with E-state index in [0.717, 1.165) is 33.8 Å². The van der Waals surface area contributed by atoms with Crippen LogP contribution in [0.5, 0.6) is 0 Å². The Balaban J connectivity index is 1.61. The van der Waals surface area contributed by atoms with Crippen LogP contribution in [-0.2, 0) is 10.2 Å². The fourth-order valence-electron chi connectivity index (χ4n) is 3.26. The third-order valence-corrected chi connectivity index (χ3v) is 4.97. The quantitative estimate of drug-likeness (QED) is 0.680. The minimum atomic E-state index is -0.514. The molecule has 0 spiro atoms. The van der Waals surface area contributed by atoms with Gasteiger partial charge in [-0.1, -0.05) is 0 Å². The van der Waals surface area contributed by atoms with Crippen molar-refractivity contribution in [3.05, 3.63) is 29.5 Å². The van der Waals surface area contributed by atoms with Crippen LogP contribution in [-0.4, -0.2) is 26.1 Å². The molecule has 23 heavy (non-hydrogen) atoms. The molecule has 3 aromatic rings. The van der Waals surface area contributed by atoms with E-state index >= 15 is 0 Å². The zero-order chi connectivity index (χ0) is 15.8. The lowest BCUT2D eigenvalue weighted by Crippen LogP contribution is -2.26. The van der Waals surface area contributed by atoms with Gasteiger partial charge in [0.05, 0.1) is 16.4 Å². The van der Waals surface area contributed by atoms with Crippen LogP contribution in [0.2, 0.25) is 0 Å². The number of carbonyl (C=O) groups is 1. The van der Waals surface area contributed by atoms with E-state index in [1.807, 2.05) is 26.0 Å². The van der Waals surface area contributed by atoms with E-state index in [0.29, 0.717) is 5.92 Å². The number of H-pyrrole nitrogens is 2. The van der Waals surface area contributed by atoms with Crippen LogP contribution >= 0.6 is 0 Å². The number of amides is 1. The summed E-state index contributed by atoms with van der Waals surface area (Å²) in [6.45, 7) is 3.87. The van der Waals surface area contributed by atoms with Crippen LogP contribution in [0.25, 0.3) is 22.6 Å². The lowest BCUT2D eigenvalue weighted by molar-refractivity contribution is -0.119. The zero-order valence-corrected chi connectivity index (χ0v) is 13.0. The second-order valence-corrected chi connectivity index (χ2v) is 7.06. The smallest absolute Gasteiger partial charge is 0.234 e. The van der Waals surface area contributed by atoms with E-state index in [-0.39, 0.29) is 5.91 Å². The van der Waals surface area contributed by atoms with Gasteiger partial charge >= 0.3 is 0 Å². The predicted molar refractivity (Wildman–Crippen MR) is 87.3 cm³/mol. The molecule has 0 bridgehead atoms. The van der Waals surface area contributed by atoms with Crippen LogP contribution in [0.3, 0.4) is 0 Å². The minimum absolute atomic E-state index is 0.0294. The molecule has 1 saturated carbocycles. The molecular formula is C17H17N5O. The van der Waals surface area contributed by atoms with Crippen LogP contribution in [0.15, 0.2) is 18.2 Å². The monoisotopic (exact) mass is 307 g/mol. The zero-order valence-electron chi connectivity index (χ0n) is 13.0. The van der Waals surface area contributed by atoms with Crippen molar-refractivity contribution in [1.29, 1.82) is 0 Å². The molecule has 0 unspecified atom stereocenters. The Morgan fingerprint density at radius 2 is 2.04 bits per heavy atom. The molecule has 1 aliphatic carbocycles. The molecule has 1 amide bonds. The molecule has 3 heterocycles. The molecule has 6 heteroatoms. The highest BCUT2D eigenvalue weighted by atomic mass is 16.2. The van der Waals surface area contributed by atoms with Crippen molar-refractivity contribution in [2.75, 3.05) is 5.32 Å². The van der Waals surface area contributed by atoms with Crippen LogP contribution in [0.1, 0.15) is 43.9 Å². The fourth-order valence-corrected chi connectivity index (χ4v) is 3.26. The number of fused-ring (bicyclic) bond motifs is 2. The summed E-state index contributed by atoms with van der Waals surface area (Å²) in [5, 5.41) is 10.4. The normalized spacial score (nSPS) is 19.1. The Labute approximate surface area is 132 Å². The summed E-state index contributed by atoms with van der Waals surface area (Å²) in [5.41, 5.74) is 5.15. The molecule has 0 atom stereocenters. The number of benzene rings is 1. The number of rotatable bonds is 2. The number of hydrogen-bond donors (Lipinski definition) is 3. The number of nitrogens with zero attached hydrogens (tertiary/aromatic N) is 2. The van der Waals surface area contributed by atoms with Crippen molar-refractivity contribution in [3.63, 3.8) is 0 Å². The molecule has 1 aromatic carbocycles. The molecule has 1 aliphatic heterocycles. The lowest BCUT2D eigenvalue weighted by Gasteiger charge is -2.14. The van der Waals surface area contributed by atoms with E-state index in [9.17, 15) is 4.79 Å². The van der Waals surface area contributed by atoms with Gasteiger partial charge in [-0.3, -0.25) is 9.89 Å². The molecule has 3 N–H and O–H groups in total. The SMILES string of the molecule is CC1(C)C(=O)Nc2cc3nc(-c4cc(C5CC5)[nH]n4)[nH]c3cc21. The molecule has 0 saturated heterocycles. The van der Waals surface area contributed by atoms with E-state index in [4.69, 9.17) is 0 Å². The molecule has 5 rings (SSSR count). The van der Waals surface area contributed by atoms with E-state index in [1.54, 1.807) is 0 Å². The summed E-state index contributed by atoms with van der Waals surface area (Å²) in [6, 6.07) is 6.04. The largest absolute Gasteiger partial charge is 0.337 e. The second-order valence-electron chi connectivity index (χ2n) is 7.06. The van der Waals surface area contributed by atoms with Gasteiger partial charge in [-0.2, -0.15) is 5.10 Å². The predicted octanol–water partition coefficient (Wildman–Crippen LogP) is 3.06. The van der Waals surface area contributed by atoms with Crippen LogP contribution in [0.4, 0.5) is 5.69 Å². The average Bonchev–Trinajstić information content (AvgIpc) is 3.03. The Kier molecular flexibility index (Phi) is 2.24. The van der Waals surface area contributed by atoms with Gasteiger partial charge in [0, 0.05) is 17.3 Å². The van der Waals surface area contributed by atoms with Gasteiger partial charge < -0.3 is 10.3 Å². The summed E-state index contributed by atoms with van der Waals surface area (Å²) < 4.78 is 0. The van der Waals surface area contributed by atoms with Crippen molar-refractivity contribution in [1.82, 2.24) is 20.2 Å². The summed E-state index contributed by atoms with van der Waals surface area (Å²) in [5.74, 6) is 1.43. The van der Waals surface area contributed by atoms with Crippen LogP contribution < -0.4 is 5.32 Å². The summed E-state index contributed by atoms with van der Waals surface area (Å²) >= 11 is 0. The first-order valence-corrected chi connectivity index (χ1v) is 7.94. The highest BCUT2D eigenvalue weighted by molar-refractivity contribution is 6.07. The third-order valence-electron chi connectivity index (χ3n) is 4.97. The number of imidazole rings is 1. The number of aromatic amines is 2. The van der Waals surface area contributed by atoms with Gasteiger partial charge in [-0.15, -0.1) is 0 Å². The van der Waals surface area contributed by atoms with Gasteiger partial charge in [-0.25, -0.2) is 4.98 Å². The maximum atomic E-state index is 12.1.